The van der Waals surface area contributed by atoms with Crippen molar-refractivity contribution in [1.29, 1.82) is 0 Å². The summed E-state index contributed by atoms with van der Waals surface area (Å²) in [5, 5.41) is 0.668. The maximum absolute atomic E-state index is 12.3. The molecule has 2 rings (SSSR count). The number of carbonyl (C=O) groups excluding carboxylic acids is 1. The van der Waals surface area contributed by atoms with Gasteiger partial charge in [0, 0.05) is 29.9 Å². The average Bonchev–Trinajstić information content (AvgIpc) is 2.46. The van der Waals surface area contributed by atoms with Crippen LogP contribution in [-0.2, 0) is 6.54 Å². The van der Waals surface area contributed by atoms with Crippen molar-refractivity contribution in [2.75, 3.05) is 12.5 Å². The molecular weight excluding hydrogens is 274 g/mol. The number of carbonyl (C=O) groups is 1. The summed E-state index contributed by atoms with van der Waals surface area (Å²) in [5.41, 5.74) is 4.90. The molecule has 0 atom stereocenters. The van der Waals surface area contributed by atoms with Crippen LogP contribution in [0.3, 0.4) is 0 Å². The predicted molar refractivity (Wildman–Crippen MR) is 81.5 cm³/mol. The quantitative estimate of drug-likeness (QED) is 0.672. The summed E-state index contributed by atoms with van der Waals surface area (Å²) in [6, 6.07) is 14.5. The number of nitrogens with two attached hydrogens (primary N) is 1. The lowest BCUT2D eigenvalue weighted by Gasteiger charge is -2.17. The third kappa shape index (κ3) is 3.50. The SMILES string of the molecule is CN(Cc1cccc(Cl)c1)C(=O)c1ccc(NN)cc1. The highest BCUT2D eigenvalue weighted by Crippen LogP contribution is 2.14. The number of hydrazine groups is 1. The molecular formula is C15H16ClN3O. The molecule has 0 aliphatic carbocycles. The molecule has 2 aromatic carbocycles. The fourth-order valence-corrected chi connectivity index (χ4v) is 2.12. The first-order valence-corrected chi connectivity index (χ1v) is 6.54. The van der Waals surface area contributed by atoms with Crippen molar-refractivity contribution in [1.82, 2.24) is 4.90 Å². The molecule has 0 aliphatic heterocycles. The zero-order chi connectivity index (χ0) is 14.5. The van der Waals surface area contributed by atoms with Crippen molar-refractivity contribution in [2.24, 2.45) is 5.84 Å². The Morgan fingerprint density at radius 2 is 1.95 bits per heavy atom. The van der Waals surface area contributed by atoms with Crippen molar-refractivity contribution in [3.8, 4) is 0 Å². The number of amides is 1. The number of benzene rings is 2. The number of hydrogen-bond acceptors (Lipinski definition) is 3. The minimum Gasteiger partial charge on any atom is -0.337 e. The molecule has 0 bridgehead atoms. The highest BCUT2D eigenvalue weighted by Gasteiger charge is 2.12. The minimum absolute atomic E-state index is 0.0476. The van der Waals surface area contributed by atoms with E-state index in [1.165, 1.54) is 0 Å². The zero-order valence-electron chi connectivity index (χ0n) is 11.1. The van der Waals surface area contributed by atoms with Crippen molar-refractivity contribution < 1.29 is 4.79 Å². The number of nitrogens with one attached hydrogen (secondary N) is 1. The average molecular weight is 290 g/mol. The van der Waals surface area contributed by atoms with Gasteiger partial charge in [0.1, 0.15) is 0 Å². The molecule has 20 heavy (non-hydrogen) atoms. The lowest BCUT2D eigenvalue weighted by Crippen LogP contribution is -2.26. The second kappa shape index (κ2) is 6.41. The van der Waals surface area contributed by atoms with E-state index in [2.05, 4.69) is 5.43 Å². The normalized spacial score (nSPS) is 10.2. The molecule has 0 heterocycles. The summed E-state index contributed by atoms with van der Waals surface area (Å²) in [7, 11) is 1.76. The molecule has 0 radical (unpaired) electrons. The summed E-state index contributed by atoms with van der Waals surface area (Å²) in [5.74, 6) is 5.25. The van der Waals surface area contributed by atoms with Gasteiger partial charge in [-0.3, -0.25) is 10.6 Å². The molecule has 0 unspecified atom stereocenters. The van der Waals surface area contributed by atoms with Gasteiger partial charge in [0.15, 0.2) is 0 Å². The summed E-state index contributed by atoms with van der Waals surface area (Å²) in [4.78, 5) is 13.9. The van der Waals surface area contributed by atoms with E-state index in [4.69, 9.17) is 17.4 Å². The Hall–Kier alpha value is -2.04. The summed E-state index contributed by atoms with van der Waals surface area (Å²) >= 11 is 5.94. The van der Waals surface area contributed by atoms with Gasteiger partial charge in [-0.25, -0.2) is 0 Å². The first kappa shape index (κ1) is 14.4. The van der Waals surface area contributed by atoms with Crippen LogP contribution in [0.1, 0.15) is 15.9 Å². The van der Waals surface area contributed by atoms with Gasteiger partial charge in [-0.15, -0.1) is 0 Å². The standard InChI is InChI=1S/C15H16ClN3O/c1-19(10-11-3-2-4-13(16)9-11)15(20)12-5-7-14(18-17)8-6-12/h2-9,18H,10,17H2,1H3. The molecule has 0 spiro atoms. The summed E-state index contributed by atoms with van der Waals surface area (Å²) < 4.78 is 0. The van der Waals surface area contributed by atoms with Gasteiger partial charge >= 0.3 is 0 Å². The molecule has 104 valence electrons. The molecule has 4 nitrogen and oxygen atoms in total. The number of anilines is 1. The molecule has 3 N–H and O–H groups in total. The Balaban J connectivity index is 2.07. The number of rotatable bonds is 4. The van der Waals surface area contributed by atoms with E-state index in [0.717, 1.165) is 11.3 Å². The topological polar surface area (TPSA) is 58.4 Å². The van der Waals surface area contributed by atoms with Crippen LogP contribution in [0.25, 0.3) is 0 Å². The number of nitrogen functional groups attached to an aromatic ring is 1. The molecule has 5 heteroatoms. The smallest absolute Gasteiger partial charge is 0.253 e. The molecule has 0 aliphatic rings. The van der Waals surface area contributed by atoms with Gasteiger partial charge < -0.3 is 10.3 Å². The van der Waals surface area contributed by atoms with Gasteiger partial charge in [0.2, 0.25) is 0 Å². The van der Waals surface area contributed by atoms with Gasteiger partial charge in [0.05, 0.1) is 0 Å². The Morgan fingerprint density at radius 3 is 2.55 bits per heavy atom. The first-order chi connectivity index (χ1) is 9.60. The van der Waals surface area contributed by atoms with Gasteiger partial charge in [0.25, 0.3) is 5.91 Å². The second-order valence-corrected chi connectivity index (χ2v) is 4.95. The third-order valence-electron chi connectivity index (χ3n) is 2.95. The maximum atomic E-state index is 12.3. The number of halogens is 1. The lowest BCUT2D eigenvalue weighted by molar-refractivity contribution is 0.0785. The lowest BCUT2D eigenvalue weighted by atomic mass is 10.1. The zero-order valence-corrected chi connectivity index (χ0v) is 11.9. The van der Waals surface area contributed by atoms with Crippen LogP contribution in [0.4, 0.5) is 5.69 Å². The Bertz CT molecular complexity index is 598. The Morgan fingerprint density at radius 1 is 1.25 bits per heavy atom. The van der Waals surface area contributed by atoms with E-state index < -0.39 is 0 Å². The fraction of sp³-hybridized carbons (Fsp3) is 0.133. The Kier molecular flexibility index (Phi) is 4.61. The van der Waals surface area contributed by atoms with Crippen molar-refractivity contribution in [3.05, 3.63) is 64.7 Å². The van der Waals surface area contributed by atoms with E-state index in [1.807, 2.05) is 24.3 Å². The van der Waals surface area contributed by atoms with Crippen LogP contribution in [0.2, 0.25) is 5.02 Å². The summed E-state index contributed by atoms with van der Waals surface area (Å²) in [6.07, 6.45) is 0. The highest BCUT2D eigenvalue weighted by molar-refractivity contribution is 6.30. The van der Waals surface area contributed by atoms with Crippen LogP contribution < -0.4 is 11.3 Å². The van der Waals surface area contributed by atoms with Gasteiger partial charge in [-0.2, -0.15) is 0 Å². The molecule has 0 saturated carbocycles. The second-order valence-electron chi connectivity index (χ2n) is 4.51. The monoisotopic (exact) mass is 289 g/mol. The van der Waals surface area contributed by atoms with Crippen molar-refractivity contribution in [3.63, 3.8) is 0 Å². The van der Waals surface area contributed by atoms with Crippen LogP contribution in [0.5, 0.6) is 0 Å². The van der Waals surface area contributed by atoms with Crippen molar-refractivity contribution in [2.45, 2.75) is 6.54 Å². The van der Waals surface area contributed by atoms with Crippen LogP contribution in [0.15, 0.2) is 48.5 Å². The predicted octanol–water partition coefficient (Wildman–Crippen LogP) is 2.90. The fourth-order valence-electron chi connectivity index (χ4n) is 1.91. The van der Waals surface area contributed by atoms with E-state index in [9.17, 15) is 4.79 Å². The largest absolute Gasteiger partial charge is 0.337 e. The Labute approximate surface area is 123 Å². The van der Waals surface area contributed by atoms with Crippen LogP contribution >= 0.6 is 11.6 Å². The van der Waals surface area contributed by atoms with Gasteiger partial charge in [-0.1, -0.05) is 23.7 Å². The molecule has 0 fully saturated rings. The van der Waals surface area contributed by atoms with Crippen LogP contribution in [-0.4, -0.2) is 17.9 Å². The highest BCUT2D eigenvalue weighted by atomic mass is 35.5. The molecule has 1 amide bonds. The molecule has 0 aromatic heterocycles. The van der Waals surface area contributed by atoms with E-state index >= 15 is 0 Å². The number of hydrogen-bond donors (Lipinski definition) is 2. The molecule has 2 aromatic rings. The van der Waals surface area contributed by atoms with E-state index in [-0.39, 0.29) is 5.91 Å². The van der Waals surface area contributed by atoms with E-state index in [1.54, 1.807) is 36.2 Å². The maximum Gasteiger partial charge on any atom is 0.253 e. The summed E-state index contributed by atoms with van der Waals surface area (Å²) in [6.45, 7) is 0.510. The van der Waals surface area contributed by atoms with E-state index in [0.29, 0.717) is 17.1 Å². The first-order valence-electron chi connectivity index (χ1n) is 6.17. The van der Waals surface area contributed by atoms with Crippen LogP contribution in [0, 0.1) is 0 Å². The number of nitrogens with zero attached hydrogens (tertiary/aromatic N) is 1. The minimum atomic E-state index is -0.0476. The third-order valence-corrected chi connectivity index (χ3v) is 3.19. The van der Waals surface area contributed by atoms with Crippen molar-refractivity contribution >= 4 is 23.2 Å². The molecule has 0 saturated heterocycles. The van der Waals surface area contributed by atoms with Gasteiger partial charge in [-0.05, 0) is 42.0 Å².